The molecule has 0 aliphatic carbocycles. The van der Waals surface area contributed by atoms with E-state index in [1.807, 2.05) is 30.3 Å². The van der Waals surface area contributed by atoms with Crippen molar-refractivity contribution in [3.63, 3.8) is 0 Å². The maximum Gasteiger partial charge on any atom is 0.271 e. The third kappa shape index (κ3) is 2.90. The molecule has 1 amide bonds. The molecule has 0 unspecified atom stereocenters. The lowest BCUT2D eigenvalue weighted by molar-refractivity contribution is 0.100. The highest BCUT2D eigenvalue weighted by atomic mass is 35.5. The molecular weight excluding hydrogens is 290 g/mol. The number of hydrogen-bond acceptors (Lipinski definition) is 4. The van der Waals surface area contributed by atoms with Crippen LogP contribution in [0, 0.1) is 0 Å². The van der Waals surface area contributed by atoms with Crippen molar-refractivity contribution < 1.29 is 4.79 Å². The first-order chi connectivity index (χ1) is 10.2. The Hall–Kier alpha value is -2.73. The van der Waals surface area contributed by atoms with Crippen LogP contribution < -0.4 is 5.43 Å². The summed E-state index contributed by atoms with van der Waals surface area (Å²) >= 11 is 5.80. The summed E-state index contributed by atoms with van der Waals surface area (Å²) in [6.07, 6.45) is 0. The molecule has 104 valence electrons. The van der Waals surface area contributed by atoms with Gasteiger partial charge < -0.3 is 0 Å². The quantitative estimate of drug-likeness (QED) is 0.806. The van der Waals surface area contributed by atoms with E-state index in [0.717, 1.165) is 5.56 Å². The van der Waals surface area contributed by atoms with Crippen molar-refractivity contribution >= 4 is 17.5 Å². The molecule has 2 aromatic carbocycles. The first-order valence-corrected chi connectivity index (χ1v) is 6.52. The van der Waals surface area contributed by atoms with E-state index in [0.29, 0.717) is 16.4 Å². The van der Waals surface area contributed by atoms with E-state index < -0.39 is 0 Å². The maximum absolute atomic E-state index is 12.1. The summed E-state index contributed by atoms with van der Waals surface area (Å²) in [5, 5.41) is 11.8. The SMILES string of the molecule is O=C(Nn1nnnc1-c1ccccc1)c1ccc(Cl)cc1. The van der Waals surface area contributed by atoms with Gasteiger partial charge in [-0.05, 0) is 34.7 Å². The minimum absolute atomic E-state index is 0.323. The number of amides is 1. The zero-order valence-corrected chi connectivity index (χ0v) is 11.5. The molecule has 0 fully saturated rings. The average Bonchev–Trinajstić information content (AvgIpc) is 2.97. The molecule has 0 saturated heterocycles. The number of nitrogens with one attached hydrogen (secondary N) is 1. The molecule has 3 aromatic rings. The predicted octanol–water partition coefficient (Wildman–Crippen LogP) is 2.38. The number of benzene rings is 2. The number of nitrogens with zero attached hydrogens (tertiary/aromatic N) is 4. The molecule has 1 heterocycles. The Morgan fingerprint density at radius 1 is 1.05 bits per heavy atom. The van der Waals surface area contributed by atoms with Crippen LogP contribution in [0.4, 0.5) is 0 Å². The topological polar surface area (TPSA) is 72.7 Å². The predicted molar refractivity (Wildman–Crippen MR) is 78.4 cm³/mol. The minimum Gasteiger partial charge on any atom is -0.267 e. The molecule has 0 radical (unpaired) electrons. The van der Waals surface area contributed by atoms with E-state index in [9.17, 15) is 4.79 Å². The summed E-state index contributed by atoms with van der Waals surface area (Å²) in [4.78, 5) is 13.4. The van der Waals surface area contributed by atoms with Crippen LogP contribution in [0.2, 0.25) is 5.02 Å². The van der Waals surface area contributed by atoms with Crippen LogP contribution in [0.25, 0.3) is 11.4 Å². The van der Waals surface area contributed by atoms with Gasteiger partial charge in [0.05, 0.1) is 0 Å². The van der Waals surface area contributed by atoms with Gasteiger partial charge in [-0.3, -0.25) is 4.79 Å². The molecule has 0 atom stereocenters. The molecule has 0 aliphatic heterocycles. The maximum atomic E-state index is 12.1. The summed E-state index contributed by atoms with van der Waals surface area (Å²) in [5.74, 6) is 0.133. The summed E-state index contributed by atoms with van der Waals surface area (Å²) < 4.78 is 0. The Morgan fingerprint density at radius 2 is 1.76 bits per heavy atom. The second kappa shape index (κ2) is 5.72. The van der Waals surface area contributed by atoms with Crippen molar-refractivity contribution in [1.82, 2.24) is 20.3 Å². The van der Waals surface area contributed by atoms with Gasteiger partial charge in [0.2, 0.25) is 5.82 Å². The van der Waals surface area contributed by atoms with Crippen molar-refractivity contribution in [1.29, 1.82) is 0 Å². The number of rotatable bonds is 3. The highest BCUT2D eigenvalue weighted by Crippen LogP contribution is 2.14. The van der Waals surface area contributed by atoms with Gasteiger partial charge in [0.15, 0.2) is 0 Å². The van der Waals surface area contributed by atoms with Crippen LogP contribution >= 0.6 is 11.6 Å². The average molecular weight is 300 g/mol. The molecule has 6 nitrogen and oxygen atoms in total. The summed E-state index contributed by atoms with van der Waals surface area (Å²) in [5.41, 5.74) is 3.89. The normalized spacial score (nSPS) is 10.3. The lowest BCUT2D eigenvalue weighted by atomic mass is 10.2. The number of halogens is 1. The van der Waals surface area contributed by atoms with Gasteiger partial charge >= 0.3 is 0 Å². The zero-order valence-electron chi connectivity index (χ0n) is 10.8. The van der Waals surface area contributed by atoms with Gasteiger partial charge in [-0.25, -0.2) is 5.43 Å². The molecule has 21 heavy (non-hydrogen) atoms. The van der Waals surface area contributed by atoms with E-state index >= 15 is 0 Å². The van der Waals surface area contributed by atoms with E-state index in [1.165, 1.54) is 4.79 Å². The van der Waals surface area contributed by atoms with Gasteiger partial charge in [0.1, 0.15) is 0 Å². The minimum atomic E-state index is -0.323. The highest BCUT2D eigenvalue weighted by molar-refractivity contribution is 6.30. The molecule has 0 saturated carbocycles. The number of aromatic nitrogens is 4. The largest absolute Gasteiger partial charge is 0.271 e. The van der Waals surface area contributed by atoms with Crippen LogP contribution in [0.3, 0.4) is 0 Å². The molecule has 3 rings (SSSR count). The standard InChI is InChI=1S/C14H10ClN5O/c15-12-8-6-11(7-9-12)14(21)17-20-13(16-18-19-20)10-4-2-1-3-5-10/h1-9H,(H,17,21). The van der Waals surface area contributed by atoms with Gasteiger partial charge in [-0.1, -0.05) is 41.9 Å². The van der Waals surface area contributed by atoms with Crippen molar-refractivity contribution in [2.24, 2.45) is 0 Å². The monoisotopic (exact) mass is 299 g/mol. The van der Waals surface area contributed by atoms with E-state index in [2.05, 4.69) is 21.0 Å². The van der Waals surface area contributed by atoms with Gasteiger partial charge in [0.25, 0.3) is 5.91 Å². The number of tetrazole rings is 1. The Morgan fingerprint density at radius 3 is 2.48 bits per heavy atom. The fourth-order valence-electron chi connectivity index (χ4n) is 1.79. The Bertz CT molecular complexity index is 755. The van der Waals surface area contributed by atoms with Crippen molar-refractivity contribution in [2.75, 3.05) is 5.43 Å². The lowest BCUT2D eigenvalue weighted by Crippen LogP contribution is -2.24. The molecule has 0 aliphatic rings. The second-order valence-electron chi connectivity index (χ2n) is 4.23. The third-order valence-corrected chi connectivity index (χ3v) is 3.07. The van der Waals surface area contributed by atoms with Gasteiger partial charge in [-0.2, -0.15) is 0 Å². The van der Waals surface area contributed by atoms with Crippen LogP contribution in [-0.2, 0) is 0 Å². The third-order valence-electron chi connectivity index (χ3n) is 2.82. The fraction of sp³-hybridized carbons (Fsp3) is 0. The summed E-state index contributed by atoms with van der Waals surface area (Å²) in [7, 11) is 0. The lowest BCUT2D eigenvalue weighted by Gasteiger charge is -2.06. The molecule has 0 spiro atoms. The van der Waals surface area contributed by atoms with E-state index in [-0.39, 0.29) is 5.91 Å². The van der Waals surface area contributed by atoms with Crippen LogP contribution in [-0.4, -0.2) is 26.2 Å². The second-order valence-corrected chi connectivity index (χ2v) is 4.66. The Kier molecular flexibility index (Phi) is 3.61. The summed E-state index contributed by atoms with van der Waals surface area (Å²) in [6, 6.07) is 15.9. The zero-order chi connectivity index (χ0) is 14.7. The van der Waals surface area contributed by atoms with Crippen LogP contribution in [0.5, 0.6) is 0 Å². The number of carbonyl (C=O) groups excluding carboxylic acids is 1. The fourth-order valence-corrected chi connectivity index (χ4v) is 1.92. The molecule has 7 heteroatoms. The van der Waals surface area contributed by atoms with E-state index in [1.54, 1.807) is 24.3 Å². The van der Waals surface area contributed by atoms with Gasteiger partial charge in [0, 0.05) is 16.1 Å². The molecule has 0 bridgehead atoms. The first kappa shape index (κ1) is 13.3. The van der Waals surface area contributed by atoms with Crippen molar-refractivity contribution in [3.05, 3.63) is 65.2 Å². The van der Waals surface area contributed by atoms with Gasteiger partial charge in [-0.15, -0.1) is 9.89 Å². The Balaban J connectivity index is 1.85. The molecule has 1 N–H and O–H groups in total. The molecule has 1 aromatic heterocycles. The Labute approximate surface area is 125 Å². The summed E-state index contributed by atoms with van der Waals surface area (Å²) in [6.45, 7) is 0. The van der Waals surface area contributed by atoms with Crippen LogP contribution in [0.15, 0.2) is 54.6 Å². The smallest absolute Gasteiger partial charge is 0.267 e. The number of hydrogen-bond donors (Lipinski definition) is 1. The van der Waals surface area contributed by atoms with E-state index in [4.69, 9.17) is 11.6 Å². The first-order valence-electron chi connectivity index (χ1n) is 6.15. The molecular formula is C14H10ClN5O. The highest BCUT2D eigenvalue weighted by Gasteiger charge is 2.12. The van der Waals surface area contributed by atoms with Crippen LogP contribution in [0.1, 0.15) is 10.4 Å². The van der Waals surface area contributed by atoms with Crippen molar-refractivity contribution in [2.45, 2.75) is 0 Å². The number of carbonyl (C=O) groups is 1. The van der Waals surface area contributed by atoms with Crippen molar-refractivity contribution in [3.8, 4) is 11.4 Å².